The van der Waals surface area contributed by atoms with E-state index in [1.54, 1.807) is 36.8 Å². The lowest BCUT2D eigenvalue weighted by atomic mass is 9.94. The molecule has 0 unspecified atom stereocenters. The summed E-state index contributed by atoms with van der Waals surface area (Å²) in [5.74, 6) is -0.475. The number of benzene rings is 2. The summed E-state index contributed by atoms with van der Waals surface area (Å²) in [5, 5.41) is 2.98. The zero-order valence-corrected chi connectivity index (χ0v) is 13.5. The zero-order chi connectivity index (χ0) is 17.2. The van der Waals surface area contributed by atoms with Crippen LogP contribution in [0.5, 0.6) is 0 Å². The number of amides is 1. The van der Waals surface area contributed by atoms with Crippen LogP contribution in [-0.4, -0.2) is 15.5 Å². The monoisotopic (exact) mass is 323 g/mol. The molecule has 0 atom stereocenters. The third kappa shape index (κ3) is 3.35. The molecule has 1 heterocycles. The van der Waals surface area contributed by atoms with Gasteiger partial charge in [-0.15, -0.1) is 0 Å². The first-order valence-corrected chi connectivity index (χ1v) is 7.63. The Bertz CT molecular complexity index is 822. The van der Waals surface area contributed by atoms with Gasteiger partial charge in [0.1, 0.15) is 5.82 Å². The first-order valence-electron chi connectivity index (χ1n) is 7.63. The predicted molar refractivity (Wildman–Crippen MR) is 90.5 cm³/mol. The highest BCUT2D eigenvalue weighted by Crippen LogP contribution is 2.21. The van der Waals surface area contributed by atoms with E-state index in [4.69, 9.17) is 0 Å². The van der Waals surface area contributed by atoms with Gasteiger partial charge in [0.25, 0.3) is 5.91 Å². The number of nitrogens with one attached hydrogen (secondary N) is 1. The average Bonchev–Trinajstić information content (AvgIpc) is 3.09. The highest BCUT2D eigenvalue weighted by atomic mass is 19.1. The summed E-state index contributed by atoms with van der Waals surface area (Å²) < 4.78 is 14.9. The van der Waals surface area contributed by atoms with Gasteiger partial charge in [0.2, 0.25) is 0 Å². The number of halogens is 1. The first-order chi connectivity index (χ1) is 11.5. The molecular weight excluding hydrogens is 305 g/mol. The Labute approximate surface area is 140 Å². The maximum Gasteiger partial charge on any atom is 0.251 e. The van der Waals surface area contributed by atoms with E-state index in [0.29, 0.717) is 5.56 Å². The van der Waals surface area contributed by atoms with Crippen molar-refractivity contribution in [3.8, 4) is 5.69 Å². The molecule has 0 spiro atoms. The largest absolute Gasteiger partial charge is 0.343 e. The van der Waals surface area contributed by atoms with Gasteiger partial charge in [-0.25, -0.2) is 9.37 Å². The molecule has 4 nitrogen and oxygen atoms in total. The maximum atomic E-state index is 13.1. The van der Waals surface area contributed by atoms with E-state index in [0.717, 1.165) is 11.3 Å². The fourth-order valence-corrected chi connectivity index (χ4v) is 2.49. The molecule has 1 amide bonds. The number of hydrogen-bond acceptors (Lipinski definition) is 2. The molecule has 3 rings (SSSR count). The van der Waals surface area contributed by atoms with Crippen LogP contribution in [0, 0.1) is 5.82 Å². The van der Waals surface area contributed by atoms with Crippen molar-refractivity contribution in [2.24, 2.45) is 0 Å². The first kappa shape index (κ1) is 15.9. The molecule has 0 saturated carbocycles. The van der Waals surface area contributed by atoms with E-state index in [1.807, 2.05) is 36.7 Å². The number of hydrogen-bond donors (Lipinski definition) is 1. The average molecular weight is 323 g/mol. The highest BCUT2D eigenvalue weighted by Gasteiger charge is 2.23. The van der Waals surface area contributed by atoms with Gasteiger partial charge in [0.05, 0.1) is 11.9 Å². The summed E-state index contributed by atoms with van der Waals surface area (Å²) >= 11 is 0. The fraction of sp³-hybridized carbons (Fsp3) is 0.158. The topological polar surface area (TPSA) is 46.9 Å². The Balaban J connectivity index is 1.75. The summed E-state index contributed by atoms with van der Waals surface area (Å²) in [5.41, 5.74) is 1.73. The van der Waals surface area contributed by atoms with Crippen LogP contribution in [0.15, 0.2) is 67.3 Å². The molecule has 2 aromatic carbocycles. The lowest BCUT2D eigenvalue weighted by Crippen LogP contribution is -2.41. The highest BCUT2D eigenvalue weighted by molar-refractivity contribution is 5.94. The second kappa shape index (κ2) is 6.28. The normalized spacial score (nSPS) is 11.3. The van der Waals surface area contributed by atoms with Crippen LogP contribution in [0.25, 0.3) is 5.69 Å². The third-order valence-electron chi connectivity index (χ3n) is 3.92. The third-order valence-corrected chi connectivity index (χ3v) is 3.92. The summed E-state index contributed by atoms with van der Waals surface area (Å²) in [4.78, 5) is 16.5. The molecule has 3 aromatic rings. The molecule has 0 aliphatic carbocycles. The van der Waals surface area contributed by atoms with Crippen LogP contribution >= 0.6 is 0 Å². The molecule has 0 fully saturated rings. The molecular formula is C19H18FN3O. The standard InChI is InChI=1S/C19H18FN3O/c1-19(2,15-5-7-16(20)8-6-15)22-18(24)14-3-9-17(10-4-14)23-12-11-21-13-23/h3-13H,1-2H3,(H,22,24). The number of imidazole rings is 1. The van der Waals surface area contributed by atoms with Gasteiger partial charge < -0.3 is 9.88 Å². The van der Waals surface area contributed by atoms with E-state index in [2.05, 4.69) is 10.3 Å². The van der Waals surface area contributed by atoms with E-state index < -0.39 is 5.54 Å². The van der Waals surface area contributed by atoms with E-state index in [9.17, 15) is 9.18 Å². The minimum absolute atomic E-state index is 0.179. The second-order valence-electron chi connectivity index (χ2n) is 6.10. The number of aromatic nitrogens is 2. The SMILES string of the molecule is CC(C)(NC(=O)c1ccc(-n2ccnc2)cc1)c1ccc(F)cc1. The lowest BCUT2D eigenvalue weighted by Gasteiger charge is -2.27. The number of carbonyl (C=O) groups is 1. The van der Waals surface area contributed by atoms with E-state index in [1.165, 1.54) is 12.1 Å². The van der Waals surface area contributed by atoms with Crippen molar-refractivity contribution in [1.82, 2.24) is 14.9 Å². The molecule has 1 aromatic heterocycles. The molecule has 5 heteroatoms. The minimum atomic E-state index is -0.603. The van der Waals surface area contributed by atoms with Gasteiger partial charge in [0.15, 0.2) is 0 Å². The Morgan fingerprint density at radius 1 is 1.08 bits per heavy atom. The van der Waals surface area contributed by atoms with Crippen molar-refractivity contribution in [3.05, 3.63) is 84.2 Å². The molecule has 1 N–H and O–H groups in total. The van der Waals surface area contributed by atoms with Crippen LogP contribution in [-0.2, 0) is 5.54 Å². The molecule has 0 radical (unpaired) electrons. The smallest absolute Gasteiger partial charge is 0.251 e. The lowest BCUT2D eigenvalue weighted by molar-refractivity contribution is 0.0912. The van der Waals surface area contributed by atoms with Gasteiger partial charge >= 0.3 is 0 Å². The number of carbonyl (C=O) groups excluding carboxylic acids is 1. The van der Waals surface area contributed by atoms with Crippen LogP contribution in [0.4, 0.5) is 4.39 Å². The molecule has 122 valence electrons. The van der Waals surface area contributed by atoms with Crippen molar-refractivity contribution in [2.75, 3.05) is 0 Å². The Morgan fingerprint density at radius 3 is 2.33 bits per heavy atom. The maximum absolute atomic E-state index is 13.1. The molecule has 0 bridgehead atoms. The van der Waals surface area contributed by atoms with Crippen molar-refractivity contribution >= 4 is 5.91 Å². The van der Waals surface area contributed by atoms with Crippen LogP contribution in [0.1, 0.15) is 29.8 Å². The predicted octanol–water partition coefficient (Wildman–Crippen LogP) is 3.68. The van der Waals surface area contributed by atoms with Crippen molar-refractivity contribution in [3.63, 3.8) is 0 Å². The van der Waals surface area contributed by atoms with E-state index in [-0.39, 0.29) is 11.7 Å². The summed E-state index contributed by atoms with van der Waals surface area (Å²) in [6.07, 6.45) is 5.24. The Hall–Kier alpha value is -2.95. The molecule has 0 saturated heterocycles. The van der Waals surface area contributed by atoms with Gasteiger partial charge in [-0.2, -0.15) is 0 Å². The quantitative estimate of drug-likeness (QED) is 0.796. The fourth-order valence-electron chi connectivity index (χ4n) is 2.49. The molecule has 24 heavy (non-hydrogen) atoms. The van der Waals surface area contributed by atoms with Gasteiger partial charge in [-0.3, -0.25) is 4.79 Å². The Kier molecular flexibility index (Phi) is 4.16. The van der Waals surface area contributed by atoms with Crippen LogP contribution in [0.3, 0.4) is 0 Å². The minimum Gasteiger partial charge on any atom is -0.343 e. The van der Waals surface area contributed by atoms with Gasteiger partial charge in [-0.05, 0) is 55.8 Å². The zero-order valence-electron chi connectivity index (χ0n) is 13.5. The van der Waals surface area contributed by atoms with Crippen molar-refractivity contribution < 1.29 is 9.18 Å². The summed E-state index contributed by atoms with van der Waals surface area (Å²) in [7, 11) is 0. The second-order valence-corrected chi connectivity index (χ2v) is 6.10. The number of nitrogens with zero attached hydrogens (tertiary/aromatic N) is 2. The van der Waals surface area contributed by atoms with Crippen molar-refractivity contribution in [2.45, 2.75) is 19.4 Å². The summed E-state index contributed by atoms with van der Waals surface area (Å²) in [6.45, 7) is 3.77. The molecule has 0 aliphatic rings. The van der Waals surface area contributed by atoms with Gasteiger partial charge in [0, 0.05) is 23.6 Å². The van der Waals surface area contributed by atoms with Crippen molar-refractivity contribution in [1.29, 1.82) is 0 Å². The number of rotatable bonds is 4. The Morgan fingerprint density at radius 2 is 1.75 bits per heavy atom. The van der Waals surface area contributed by atoms with E-state index >= 15 is 0 Å². The molecule has 0 aliphatic heterocycles. The van der Waals surface area contributed by atoms with Gasteiger partial charge in [-0.1, -0.05) is 12.1 Å². The summed E-state index contributed by atoms with van der Waals surface area (Å²) in [6, 6.07) is 13.4. The van der Waals surface area contributed by atoms with Crippen LogP contribution in [0.2, 0.25) is 0 Å². The van der Waals surface area contributed by atoms with Crippen LogP contribution < -0.4 is 5.32 Å².